The number of ether oxygens (including phenoxy) is 1. The molecule has 1 aromatic heterocycles. The van der Waals surface area contributed by atoms with Gasteiger partial charge < -0.3 is 10.1 Å². The maximum Gasteiger partial charge on any atom is 0.186 e. The molecule has 0 bridgehead atoms. The Balaban J connectivity index is 2.36. The maximum absolute atomic E-state index is 13.5. The topological polar surface area (TPSA) is 47.0 Å². The summed E-state index contributed by atoms with van der Waals surface area (Å²) in [6.07, 6.45) is 2.16. The minimum atomic E-state index is -0.392. The molecule has 0 spiro atoms. The summed E-state index contributed by atoms with van der Waals surface area (Å²) in [7, 11) is 3.29. The predicted molar refractivity (Wildman–Crippen MR) is 58.7 cm³/mol. The van der Waals surface area contributed by atoms with Crippen molar-refractivity contribution in [2.45, 2.75) is 25.9 Å². The minimum absolute atomic E-state index is 0.105. The Morgan fingerprint density at radius 1 is 1.44 bits per heavy atom. The van der Waals surface area contributed by atoms with Crippen LogP contribution in [0.25, 0.3) is 0 Å². The molecule has 1 fully saturated rings. The number of aromatic nitrogens is 2. The fraction of sp³-hybridized carbons (Fsp3) is 0.636. The summed E-state index contributed by atoms with van der Waals surface area (Å²) in [6.45, 7) is 1.64. The molecule has 1 aromatic rings. The molecular weight excluding hydrogens is 209 g/mol. The zero-order chi connectivity index (χ0) is 11.7. The molecular formula is C11H16FN3O. The third-order valence-corrected chi connectivity index (χ3v) is 2.83. The molecule has 1 aliphatic rings. The first-order chi connectivity index (χ1) is 7.67. The van der Waals surface area contributed by atoms with Gasteiger partial charge in [0.2, 0.25) is 0 Å². The summed E-state index contributed by atoms with van der Waals surface area (Å²) in [5, 5.41) is 2.73. The number of hydrogen-bond donors (Lipinski definition) is 1. The molecule has 16 heavy (non-hydrogen) atoms. The first-order valence-electron chi connectivity index (χ1n) is 5.42. The number of nitrogens with one attached hydrogen (secondary N) is 1. The van der Waals surface area contributed by atoms with Crippen molar-refractivity contribution in [2.24, 2.45) is 5.92 Å². The Kier molecular flexibility index (Phi) is 3.05. The summed E-state index contributed by atoms with van der Waals surface area (Å²) < 4.78 is 18.9. The minimum Gasteiger partial charge on any atom is -0.373 e. The Labute approximate surface area is 94.2 Å². The lowest BCUT2D eigenvalue weighted by molar-refractivity contribution is 0.0770. The van der Waals surface area contributed by atoms with E-state index in [0.717, 1.165) is 12.8 Å². The Morgan fingerprint density at radius 2 is 2.12 bits per heavy atom. The third kappa shape index (κ3) is 2.00. The smallest absolute Gasteiger partial charge is 0.186 e. The van der Waals surface area contributed by atoms with E-state index >= 15 is 0 Å². The van der Waals surface area contributed by atoms with E-state index < -0.39 is 5.82 Å². The first-order valence-corrected chi connectivity index (χ1v) is 5.42. The predicted octanol–water partition coefficient (Wildman–Crippen LogP) is 2.06. The van der Waals surface area contributed by atoms with Crippen molar-refractivity contribution in [1.82, 2.24) is 9.97 Å². The van der Waals surface area contributed by atoms with Crippen LogP contribution < -0.4 is 5.32 Å². The van der Waals surface area contributed by atoms with Crippen LogP contribution in [-0.4, -0.2) is 24.1 Å². The highest BCUT2D eigenvalue weighted by Crippen LogP contribution is 2.42. The average molecular weight is 225 g/mol. The van der Waals surface area contributed by atoms with Gasteiger partial charge in [-0.3, -0.25) is 0 Å². The van der Waals surface area contributed by atoms with Gasteiger partial charge in [-0.2, -0.15) is 0 Å². The summed E-state index contributed by atoms with van der Waals surface area (Å²) >= 11 is 0. The second kappa shape index (κ2) is 4.33. The van der Waals surface area contributed by atoms with E-state index in [2.05, 4.69) is 15.3 Å². The molecule has 1 atom stereocenters. The van der Waals surface area contributed by atoms with E-state index in [0.29, 0.717) is 17.4 Å². The lowest BCUT2D eigenvalue weighted by Gasteiger charge is -2.15. The Bertz CT molecular complexity index is 393. The van der Waals surface area contributed by atoms with Crippen LogP contribution in [0.4, 0.5) is 10.2 Å². The first kappa shape index (κ1) is 11.3. The largest absolute Gasteiger partial charge is 0.373 e. The molecule has 1 aliphatic carbocycles. The van der Waals surface area contributed by atoms with Crippen LogP contribution in [0.5, 0.6) is 0 Å². The van der Waals surface area contributed by atoms with E-state index in [-0.39, 0.29) is 11.9 Å². The van der Waals surface area contributed by atoms with Gasteiger partial charge in [-0.05, 0) is 25.7 Å². The van der Waals surface area contributed by atoms with E-state index in [1.165, 1.54) is 0 Å². The van der Waals surface area contributed by atoms with Gasteiger partial charge in [0.15, 0.2) is 17.5 Å². The molecule has 2 rings (SSSR count). The lowest BCUT2D eigenvalue weighted by atomic mass is 10.2. The molecule has 1 saturated carbocycles. The molecule has 5 heteroatoms. The van der Waals surface area contributed by atoms with Crippen LogP contribution in [-0.2, 0) is 4.74 Å². The van der Waals surface area contributed by atoms with Crippen molar-refractivity contribution < 1.29 is 9.13 Å². The van der Waals surface area contributed by atoms with Gasteiger partial charge in [0, 0.05) is 14.2 Å². The Hall–Kier alpha value is -1.23. The van der Waals surface area contributed by atoms with Crippen LogP contribution in [0.2, 0.25) is 0 Å². The number of anilines is 1. The van der Waals surface area contributed by atoms with Crippen molar-refractivity contribution in [3.05, 3.63) is 17.3 Å². The van der Waals surface area contributed by atoms with Crippen LogP contribution in [0.1, 0.15) is 30.5 Å². The highest BCUT2D eigenvalue weighted by atomic mass is 19.1. The summed E-state index contributed by atoms with van der Waals surface area (Å²) in [6, 6.07) is 0. The average Bonchev–Trinajstić information content (AvgIpc) is 3.08. The number of aryl methyl sites for hydroxylation is 1. The molecule has 0 radical (unpaired) electrons. The molecule has 0 amide bonds. The lowest BCUT2D eigenvalue weighted by Crippen LogP contribution is -2.13. The van der Waals surface area contributed by atoms with Crippen LogP contribution in [0.3, 0.4) is 0 Å². The SMILES string of the molecule is CNc1nc(C(OC)C2CC2)nc(C)c1F. The van der Waals surface area contributed by atoms with Crippen molar-refractivity contribution in [3.63, 3.8) is 0 Å². The molecule has 1 N–H and O–H groups in total. The fourth-order valence-electron chi connectivity index (χ4n) is 1.78. The van der Waals surface area contributed by atoms with Crippen LogP contribution in [0, 0.1) is 18.7 Å². The second-order valence-corrected chi connectivity index (χ2v) is 4.07. The van der Waals surface area contributed by atoms with E-state index in [1.54, 1.807) is 21.1 Å². The fourth-order valence-corrected chi connectivity index (χ4v) is 1.78. The van der Waals surface area contributed by atoms with Gasteiger partial charge in [0.1, 0.15) is 6.10 Å². The number of methoxy groups -OCH3 is 1. The standard InChI is InChI=1S/C11H16FN3O/c1-6-8(12)10(13-2)15-11(14-6)9(16-3)7-4-5-7/h7,9H,4-5H2,1-3H3,(H,13,14,15). The quantitative estimate of drug-likeness (QED) is 0.852. The number of hydrogen-bond acceptors (Lipinski definition) is 4. The van der Waals surface area contributed by atoms with Gasteiger partial charge in [0.05, 0.1) is 5.69 Å². The number of nitrogens with zero attached hydrogens (tertiary/aromatic N) is 2. The zero-order valence-electron chi connectivity index (χ0n) is 9.75. The molecule has 1 unspecified atom stereocenters. The molecule has 88 valence electrons. The van der Waals surface area contributed by atoms with E-state index in [1.807, 2.05) is 0 Å². The summed E-state index contributed by atoms with van der Waals surface area (Å²) in [5.41, 5.74) is 0.358. The van der Waals surface area contributed by atoms with Crippen LogP contribution in [0.15, 0.2) is 0 Å². The van der Waals surface area contributed by atoms with Crippen molar-refractivity contribution in [3.8, 4) is 0 Å². The van der Waals surface area contributed by atoms with Crippen molar-refractivity contribution in [1.29, 1.82) is 0 Å². The van der Waals surface area contributed by atoms with Gasteiger partial charge in [-0.15, -0.1) is 0 Å². The second-order valence-electron chi connectivity index (χ2n) is 4.07. The van der Waals surface area contributed by atoms with Crippen LogP contribution >= 0.6 is 0 Å². The third-order valence-electron chi connectivity index (χ3n) is 2.83. The van der Waals surface area contributed by atoms with Crippen molar-refractivity contribution in [2.75, 3.05) is 19.5 Å². The highest BCUT2D eigenvalue weighted by molar-refractivity contribution is 5.37. The summed E-state index contributed by atoms with van der Waals surface area (Å²) in [5.74, 6) is 0.912. The van der Waals surface area contributed by atoms with Gasteiger partial charge in [0.25, 0.3) is 0 Å². The number of halogens is 1. The number of rotatable bonds is 4. The van der Waals surface area contributed by atoms with E-state index in [9.17, 15) is 4.39 Å². The van der Waals surface area contributed by atoms with E-state index in [4.69, 9.17) is 4.74 Å². The van der Waals surface area contributed by atoms with Gasteiger partial charge >= 0.3 is 0 Å². The molecule has 0 saturated heterocycles. The summed E-state index contributed by atoms with van der Waals surface area (Å²) in [4.78, 5) is 8.32. The molecule has 0 aliphatic heterocycles. The van der Waals surface area contributed by atoms with Gasteiger partial charge in [-0.25, -0.2) is 14.4 Å². The Morgan fingerprint density at radius 3 is 2.62 bits per heavy atom. The maximum atomic E-state index is 13.5. The van der Waals surface area contributed by atoms with Gasteiger partial charge in [-0.1, -0.05) is 0 Å². The molecule has 1 heterocycles. The zero-order valence-corrected chi connectivity index (χ0v) is 9.75. The molecule has 0 aromatic carbocycles. The highest BCUT2D eigenvalue weighted by Gasteiger charge is 2.35. The normalized spacial score (nSPS) is 17.2. The van der Waals surface area contributed by atoms with Crippen molar-refractivity contribution >= 4 is 5.82 Å². The monoisotopic (exact) mass is 225 g/mol. The molecule has 4 nitrogen and oxygen atoms in total.